The van der Waals surface area contributed by atoms with Crippen LogP contribution in [0.25, 0.3) is 0 Å². The van der Waals surface area contributed by atoms with Crippen LogP contribution in [0.1, 0.15) is 34.3 Å². The van der Waals surface area contributed by atoms with Gasteiger partial charge in [0.2, 0.25) is 0 Å². The normalized spacial score (nSPS) is 14.4. The molecular weight excluding hydrogens is 256 g/mol. The van der Waals surface area contributed by atoms with E-state index in [9.17, 15) is 0 Å². The van der Waals surface area contributed by atoms with Crippen molar-refractivity contribution in [3.63, 3.8) is 0 Å². The van der Waals surface area contributed by atoms with Crippen LogP contribution in [-0.4, -0.2) is 17.0 Å². The minimum atomic E-state index is 0.567. The molecule has 0 atom stereocenters. The number of rotatable bonds is 5. The number of nitrogens with zero attached hydrogens (tertiary/aromatic N) is 2. The predicted octanol–water partition coefficient (Wildman–Crippen LogP) is 3.38. The summed E-state index contributed by atoms with van der Waals surface area (Å²) in [5, 5.41) is 6.50. The van der Waals surface area contributed by atoms with E-state index in [2.05, 4.69) is 39.7 Å². The number of nitrogens with one attached hydrogen (secondary N) is 2. The lowest BCUT2D eigenvalue weighted by atomic mass is 10.3. The van der Waals surface area contributed by atoms with Crippen molar-refractivity contribution in [1.29, 1.82) is 0 Å². The second-order valence-electron chi connectivity index (χ2n) is 4.89. The third-order valence-corrected chi connectivity index (χ3v) is 4.18. The first-order valence-corrected chi connectivity index (χ1v) is 7.42. The third kappa shape index (κ3) is 3.04. The van der Waals surface area contributed by atoms with E-state index in [1.807, 2.05) is 24.5 Å². The molecule has 2 N–H and O–H groups in total. The maximum atomic E-state index is 4.61. The van der Waals surface area contributed by atoms with Crippen molar-refractivity contribution in [2.45, 2.75) is 32.2 Å². The Morgan fingerprint density at radius 2 is 2.05 bits per heavy atom. The standard InChI is InChI=1S/C14H18N4S/c1-9-3-6-11(19-9)8-16-13-7-12(15-2)17-14(18-13)10-4-5-10/h3,6-7,10H,4-5,8H2,1-2H3,(H2,15,16,17,18). The zero-order valence-corrected chi connectivity index (χ0v) is 12.0. The maximum Gasteiger partial charge on any atom is 0.136 e. The first-order valence-electron chi connectivity index (χ1n) is 6.60. The van der Waals surface area contributed by atoms with E-state index in [4.69, 9.17) is 0 Å². The highest BCUT2D eigenvalue weighted by molar-refractivity contribution is 7.11. The fraction of sp³-hybridized carbons (Fsp3) is 0.429. The Kier molecular flexibility index (Phi) is 3.38. The van der Waals surface area contributed by atoms with Gasteiger partial charge in [-0.05, 0) is 31.9 Å². The largest absolute Gasteiger partial charge is 0.373 e. The molecule has 1 aliphatic carbocycles. The molecular formula is C14H18N4S. The van der Waals surface area contributed by atoms with Gasteiger partial charge in [0.05, 0.1) is 6.54 Å². The van der Waals surface area contributed by atoms with Crippen molar-refractivity contribution in [3.05, 3.63) is 33.8 Å². The van der Waals surface area contributed by atoms with E-state index in [0.29, 0.717) is 5.92 Å². The van der Waals surface area contributed by atoms with Crippen molar-refractivity contribution in [2.24, 2.45) is 0 Å². The predicted molar refractivity (Wildman–Crippen MR) is 79.9 cm³/mol. The molecule has 0 aromatic carbocycles. The fourth-order valence-corrected chi connectivity index (χ4v) is 2.80. The molecule has 2 aromatic heterocycles. The SMILES string of the molecule is CNc1cc(NCc2ccc(C)s2)nc(C2CC2)n1. The van der Waals surface area contributed by atoms with Gasteiger partial charge in [-0.1, -0.05) is 0 Å². The van der Waals surface area contributed by atoms with E-state index < -0.39 is 0 Å². The minimum Gasteiger partial charge on any atom is -0.373 e. The maximum absolute atomic E-state index is 4.61. The van der Waals surface area contributed by atoms with E-state index in [1.54, 1.807) is 0 Å². The summed E-state index contributed by atoms with van der Waals surface area (Å²) >= 11 is 1.82. The molecule has 2 aromatic rings. The topological polar surface area (TPSA) is 49.8 Å². The molecule has 0 bridgehead atoms. The number of hydrogen-bond donors (Lipinski definition) is 2. The van der Waals surface area contributed by atoms with Crippen LogP contribution in [0.2, 0.25) is 0 Å². The number of anilines is 2. The molecule has 100 valence electrons. The monoisotopic (exact) mass is 274 g/mol. The molecule has 0 saturated heterocycles. The van der Waals surface area contributed by atoms with Gasteiger partial charge in [-0.25, -0.2) is 9.97 Å². The number of thiophene rings is 1. The summed E-state index contributed by atoms with van der Waals surface area (Å²) < 4.78 is 0. The molecule has 0 spiro atoms. The quantitative estimate of drug-likeness (QED) is 0.877. The number of aromatic nitrogens is 2. The van der Waals surface area contributed by atoms with Crippen LogP contribution < -0.4 is 10.6 Å². The third-order valence-electron chi connectivity index (χ3n) is 3.18. The Morgan fingerprint density at radius 1 is 1.26 bits per heavy atom. The first-order chi connectivity index (χ1) is 9.24. The summed E-state index contributed by atoms with van der Waals surface area (Å²) in [7, 11) is 1.89. The van der Waals surface area contributed by atoms with Crippen molar-refractivity contribution < 1.29 is 0 Å². The Balaban J connectivity index is 1.74. The summed E-state index contributed by atoms with van der Waals surface area (Å²) in [6, 6.07) is 6.28. The lowest BCUT2D eigenvalue weighted by molar-refractivity contribution is 0.924. The van der Waals surface area contributed by atoms with Crippen LogP contribution in [0.3, 0.4) is 0 Å². The van der Waals surface area contributed by atoms with Crippen LogP contribution in [0.15, 0.2) is 18.2 Å². The zero-order chi connectivity index (χ0) is 13.2. The average Bonchev–Trinajstić information content (AvgIpc) is 3.19. The molecule has 0 unspecified atom stereocenters. The summed E-state index contributed by atoms with van der Waals surface area (Å²) in [5.41, 5.74) is 0. The Hall–Kier alpha value is -1.62. The van der Waals surface area contributed by atoms with Gasteiger partial charge in [-0.3, -0.25) is 0 Å². The highest BCUT2D eigenvalue weighted by Gasteiger charge is 2.27. The fourth-order valence-electron chi connectivity index (χ4n) is 1.97. The van der Waals surface area contributed by atoms with E-state index in [1.165, 1.54) is 22.6 Å². The summed E-state index contributed by atoms with van der Waals surface area (Å²) in [5.74, 6) is 3.34. The zero-order valence-electron chi connectivity index (χ0n) is 11.2. The Morgan fingerprint density at radius 3 is 2.68 bits per heavy atom. The van der Waals surface area contributed by atoms with Crippen LogP contribution in [0, 0.1) is 6.92 Å². The number of aryl methyl sites for hydroxylation is 1. The number of hydrogen-bond acceptors (Lipinski definition) is 5. The second-order valence-corrected chi connectivity index (χ2v) is 6.26. The molecule has 3 rings (SSSR count). The van der Waals surface area contributed by atoms with Crippen molar-refractivity contribution in [1.82, 2.24) is 9.97 Å². The van der Waals surface area contributed by atoms with Crippen molar-refractivity contribution in [3.8, 4) is 0 Å². The molecule has 5 heteroatoms. The molecule has 1 fully saturated rings. The smallest absolute Gasteiger partial charge is 0.136 e. The van der Waals surface area contributed by atoms with E-state index >= 15 is 0 Å². The molecule has 0 amide bonds. The van der Waals surface area contributed by atoms with Gasteiger partial charge in [0.15, 0.2) is 0 Å². The molecule has 4 nitrogen and oxygen atoms in total. The van der Waals surface area contributed by atoms with Crippen molar-refractivity contribution >= 4 is 23.0 Å². The van der Waals surface area contributed by atoms with Gasteiger partial charge in [-0.15, -0.1) is 11.3 Å². The second kappa shape index (κ2) is 5.17. The van der Waals surface area contributed by atoms with Gasteiger partial charge in [-0.2, -0.15) is 0 Å². The van der Waals surface area contributed by atoms with Gasteiger partial charge in [0.1, 0.15) is 17.5 Å². The Labute approximate surface area is 117 Å². The van der Waals surface area contributed by atoms with Crippen molar-refractivity contribution in [2.75, 3.05) is 17.7 Å². The molecule has 2 heterocycles. The highest BCUT2D eigenvalue weighted by Crippen LogP contribution is 2.38. The molecule has 0 aliphatic heterocycles. The minimum absolute atomic E-state index is 0.567. The molecule has 1 saturated carbocycles. The van der Waals surface area contributed by atoms with Gasteiger partial charge >= 0.3 is 0 Å². The first kappa shape index (κ1) is 12.4. The molecule has 19 heavy (non-hydrogen) atoms. The summed E-state index contributed by atoms with van der Waals surface area (Å²) in [6.07, 6.45) is 2.44. The van der Waals surface area contributed by atoms with Gasteiger partial charge < -0.3 is 10.6 Å². The highest BCUT2D eigenvalue weighted by atomic mass is 32.1. The Bertz CT molecular complexity index is 575. The van der Waals surface area contributed by atoms with E-state index in [0.717, 1.165) is 24.0 Å². The lowest BCUT2D eigenvalue weighted by Crippen LogP contribution is -2.05. The van der Waals surface area contributed by atoms with Crippen LogP contribution in [-0.2, 0) is 6.54 Å². The van der Waals surface area contributed by atoms with Crippen LogP contribution in [0.4, 0.5) is 11.6 Å². The molecule has 0 radical (unpaired) electrons. The average molecular weight is 274 g/mol. The summed E-state index contributed by atoms with van der Waals surface area (Å²) in [4.78, 5) is 11.8. The van der Waals surface area contributed by atoms with E-state index in [-0.39, 0.29) is 0 Å². The summed E-state index contributed by atoms with van der Waals surface area (Å²) in [6.45, 7) is 2.95. The molecule has 1 aliphatic rings. The van der Waals surface area contributed by atoms with Crippen LogP contribution >= 0.6 is 11.3 Å². The van der Waals surface area contributed by atoms with Crippen LogP contribution in [0.5, 0.6) is 0 Å². The van der Waals surface area contributed by atoms with Gasteiger partial charge in [0.25, 0.3) is 0 Å². The lowest BCUT2D eigenvalue weighted by Gasteiger charge is -2.08. The van der Waals surface area contributed by atoms with Gasteiger partial charge in [0, 0.05) is 28.8 Å².